The standard InChI is InChI=1S/C31H33N3O4S/c1-29(2,3)38-28(35)34-31(18-30(4,36)19-31)23-13-11-20(12-14-23)25-26(21-9-7-6-8-10-21)39-27(33-25)22-15-24(37-5)17-32-16-22/h6-17,36H,18-19H2,1-5H3,(H,34,35). The summed E-state index contributed by atoms with van der Waals surface area (Å²) in [5.74, 6) is 0.675. The fraction of sp³-hybridized carbons (Fsp3) is 0.323. The molecule has 2 heterocycles. The number of methoxy groups -OCH3 is 1. The average molecular weight is 544 g/mol. The van der Waals surface area contributed by atoms with Crippen LogP contribution in [0.25, 0.3) is 32.3 Å². The molecule has 5 rings (SSSR count). The summed E-state index contributed by atoms with van der Waals surface area (Å²) in [5, 5.41) is 14.5. The summed E-state index contributed by atoms with van der Waals surface area (Å²) in [7, 11) is 1.62. The van der Waals surface area contributed by atoms with E-state index in [4.69, 9.17) is 14.5 Å². The van der Waals surface area contributed by atoms with Gasteiger partial charge >= 0.3 is 6.09 Å². The predicted molar refractivity (Wildman–Crippen MR) is 154 cm³/mol. The van der Waals surface area contributed by atoms with Crippen molar-refractivity contribution in [1.82, 2.24) is 15.3 Å². The lowest BCUT2D eigenvalue weighted by atomic mass is 9.62. The molecule has 0 aliphatic heterocycles. The first-order valence-electron chi connectivity index (χ1n) is 12.9. The summed E-state index contributed by atoms with van der Waals surface area (Å²) in [6.07, 6.45) is 3.77. The zero-order chi connectivity index (χ0) is 27.8. The van der Waals surface area contributed by atoms with Gasteiger partial charge in [0.2, 0.25) is 0 Å². The van der Waals surface area contributed by atoms with Gasteiger partial charge in [0, 0.05) is 30.2 Å². The average Bonchev–Trinajstić information content (AvgIpc) is 3.33. The van der Waals surface area contributed by atoms with Crippen molar-refractivity contribution in [2.24, 2.45) is 0 Å². The van der Waals surface area contributed by atoms with Crippen molar-refractivity contribution in [3.8, 4) is 38.0 Å². The molecule has 1 saturated carbocycles. The Morgan fingerprint density at radius 3 is 2.31 bits per heavy atom. The first-order valence-corrected chi connectivity index (χ1v) is 13.7. The molecule has 1 aliphatic carbocycles. The largest absolute Gasteiger partial charge is 0.495 e. The highest BCUT2D eigenvalue weighted by Crippen LogP contribution is 2.49. The summed E-state index contributed by atoms with van der Waals surface area (Å²) in [5.41, 5.74) is 2.52. The number of hydrogen-bond donors (Lipinski definition) is 2. The predicted octanol–water partition coefficient (Wildman–Crippen LogP) is 6.81. The Morgan fingerprint density at radius 1 is 1.00 bits per heavy atom. The highest BCUT2D eigenvalue weighted by atomic mass is 32.1. The molecule has 1 aliphatic rings. The maximum Gasteiger partial charge on any atom is 0.408 e. The number of rotatable bonds is 6. The van der Waals surface area contributed by atoms with Gasteiger partial charge in [0.25, 0.3) is 0 Å². The molecule has 2 N–H and O–H groups in total. The molecular weight excluding hydrogens is 510 g/mol. The van der Waals surface area contributed by atoms with E-state index in [1.54, 1.807) is 37.8 Å². The monoisotopic (exact) mass is 543 g/mol. The number of nitrogens with zero attached hydrogens (tertiary/aromatic N) is 2. The minimum Gasteiger partial charge on any atom is -0.495 e. The van der Waals surface area contributed by atoms with E-state index in [1.165, 1.54) is 0 Å². The van der Waals surface area contributed by atoms with E-state index in [0.717, 1.165) is 37.8 Å². The number of nitrogens with one attached hydrogen (secondary N) is 1. The van der Waals surface area contributed by atoms with Gasteiger partial charge in [-0.05, 0) is 44.9 Å². The lowest BCUT2D eigenvalue weighted by Gasteiger charge is -2.52. The van der Waals surface area contributed by atoms with Crippen molar-refractivity contribution in [1.29, 1.82) is 0 Å². The van der Waals surface area contributed by atoms with E-state index in [-0.39, 0.29) is 0 Å². The molecule has 0 unspecified atom stereocenters. The zero-order valence-electron chi connectivity index (χ0n) is 22.8. The van der Waals surface area contributed by atoms with E-state index in [1.807, 2.05) is 69.3 Å². The fourth-order valence-electron chi connectivity index (χ4n) is 5.13. The van der Waals surface area contributed by atoms with Crippen LogP contribution in [-0.2, 0) is 10.3 Å². The Labute approximate surface area is 232 Å². The number of aliphatic hydroxyl groups is 1. The minimum absolute atomic E-state index is 0.400. The van der Waals surface area contributed by atoms with E-state index in [9.17, 15) is 9.90 Å². The molecule has 7 nitrogen and oxygen atoms in total. The maximum absolute atomic E-state index is 12.7. The van der Waals surface area contributed by atoms with Crippen LogP contribution in [0.15, 0.2) is 73.1 Å². The SMILES string of the molecule is COc1cncc(-c2nc(-c3ccc(C4(NC(=O)OC(C)(C)C)CC(C)(O)C4)cc3)c(-c3ccccc3)s2)c1. The summed E-state index contributed by atoms with van der Waals surface area (Å²) in [6, 6.07) is 20.2. The van der Waals surface area contributed by atoms with Crippen molar-refractivity contribution in [2.75, 3.05) is 7.11 Å². The number of aromatic nitrogens is 2. The topological polar surface area (TPSA) is 93.6 Å². The lowest BCUT2D eigenvalue weighted by molar-refractivity contribution is -0.0892. The normalized spacial score (nSPS) is 20.7. The zero-order valence-corrected chi connectivity index (χ0v) is 23.6. The van der Waals surface area contributed by atoms with Gasteiger partial charge in [0.1, 0.15) is 16.4 Å². The molecule has 0 atom stereocenters. The second-order valence-electron chi connectivity index (χ2n) is 11.3. The number of amides is 1. The fourth-order valence-corrected chi connectivity index (χ4v) is 6.20. The Balaban J connectivity index is 1.51. The molecule has 39 heavy (non-hydrogen) atoms. The van der Waals surface area contributed by atoms with Crippen LogP contribution in [0.3, 0.4) is 0 Å². The molecule has 202 valence electrons. The van der Waals surface area contributed by atoms with Gasteiger partial charge in [-0.15, -0.1) is 11.3 Å². The van der Waals surface area contributed by atoms with Crippen molar-refractivity contribution in [2.45, 2.75) is 57.3 Å². The van der Waals surface area contributed by atoms with Gasteiger partial charge in [0.05, 0.1) is 35.0 Å². The van der Waals surface area contributed by atoms with Crippen LogP contribution in [0.1, 0.15) is 46.1 Å². The van der Waals surface area contributed by atoms with Crippen molar-refractivity contribution >= 4 is 17.4 Å². The first-order chi connectivity index (χ1) is 18.5. The van der Waals surface area contributed by atoms with Crippen LogP contribution in [0.2, 0.25) is 0 Å². The van der Waals surface area contributed by atoms with Crippen LogP contribution in [0, 0.1) is 0 Å². The third-order valence-electron chi connectivity index (χ3n) is 6.68. The number of carbonyl (C=O) groups is 1. The third-order valence-corrected chi connectivity index (χ3v) is 7.83. The highest BCUT2D eigenvalue weighted by Gasteiger charge is 2.53. The van der Waals surface area contributed by atoms with Crippen LogP contribution >= 0.6 is 11.3 Å². The smallest absolute Gasteiger partial charge is 0.408 e. The molecule has 8 heteroatoms. The van der Waals surface area contributed by atoms with Gasteiger partial charge in [0.15, 0.2) is 0 Å². The Kier molecular flexibility index (Phi) is 6.95. The molecule has 0 spiro atoms. The van der Waals surface area contributed by atoms with Crippen LogP contribution in [0.4, 0.5) is 4.79 Å². The van der Waals surface area contributed by atoms with Crippen LogP contribution in [0.5, 0.6) is 5.75 Å². The number of thiazole rings is 1. The van der Waals surface area contributed by atoms with E-state index in [2.05, 4.69) is 22.4 Å². The summed E-state index contributed by atoms with van der Waals surface area (Å²) >= 11 is 1.61. The number of hydrogen-bond acceptors (Lipinski definition) is 7. The number of benzene rings is 2. The second kappa shape index (κ2) is 10.1. The number of pyridine rings is 1. The second-order valence-corrected chi connectivity index (χ2v) is 12.3. The summed E-state index contributed by atoms with van der Waals surface area (Å²) < 4.78 is 10.9. The molecule has 0 radical (unpaired) electrons. The Hall–Kier alpha value is -3.75. The Morgan fingerprint density at radius 2 is 1.69 bits per heavy atom. The third kappa shape index (κ3) is 5.82. The molecule has 1 amide bonds. The van der Waals surface area contributed by atoms with Gasteiger partial charge < -0.3 is 19.9 Å². The maximum atomic E-state index is 12.7. The quantitative estimate of drug-likeness (QED) is 0.277. The molecule has 1 fully saturated rings. The first kappa shape index (κ1) is 26.8. The van der Waals surface area contributed by atoms with Crippen LogP contribution < -0.4 is 10.1 Å². The van der Waals surface area contributed by atoms with Crippen LogP contribution in [-0.4, -0.2) is 39.5 Å². The van der Waals surface area contributed by atoms with Crippen molar-refractivity contribution < 1.29 is 19.4 Å². The number of alkyl carbamates (subject to hydrolysis) is 1. The molecular formula is C31H33N3O4S. The lowest BCUT2D eigenvalue weighted by Crippen LogP contribution is -2.62. The van der Waals surface area contributed by atoms with Gasteiger partial charge in [-0.3, -0.25) is 4.98 Å². The molecule has 4 aromatic rings. The molecule has 2 aromatic heterocycles. The summed E-state index contributed by atoms with van der Waals surface area (Å²) in [6.45, 7) is 7.28. The highest BCUT2D eigenvalue weighted by molar-refractivity contribution is 7.19. The van der Waals surface area contributed by atoms with Crippen molar-refractivity contribution in [3.63, 3.8) is 0 Å². The molecule has 0 saturated heterocycles. The van der Waals surface area contributed by atoms with Crippen molar-refractivity contribution in [3.05, 3.63) is 78.6 Å². The number of ether oxygens (including phenoxy) is 2. The Bertz CT molecular complexity index is 1470. The minimum atomic E-state index is -0.858. The summed E-state index contributed by atoms with van der Waals surface area (Å²) in [4.78, 5) is 23.1. The van der Waals surface area contributed by atoms with Gasteiger partial charge in [-0.2, -0.15) is 0 Å². The molecule has 2 aromatic carbocycles. The van der Waals surface area contributed by atoms with Gasteiger partial charge in [-0.25, -0.2) is 9.78 Å². The van der Waals surface area contributed by atoms with Gasteiger partial charge in [-0.1, -0.05) is 54.6 Å². The van der Waals surface area contributed by atoms with E-state index in [0.29, 0.717) is 18.6 Å². The molecule has 0 bridgehead atoms. The van der Waals surface area contributed by atoms with E-state index >= 15 is 0 Å². The van der Waals surface area contributed by atoms with E-state index < -0.39 is 22.8 Å². The number of carbonyl (C=O) groups excluding carboxylic acids is 1.